The summed E-state index contributed by atoms with van der Waals surface area (Å²) in [5.41, 5.74) is 0.548. The van der Waals surface area contributed by atoms with Crippen molar-refractivity contribution >= 4 is 14.3 Å². The molecule has 0 fully saturated rings. The molecule has 3 heteroatoms. The van der Waals surface area contributed by atoms with Crippen molar-refractivity contribution < 1.29 is 9.22 Å². The van der Waals surface area contributed by atoms with Crippen molar-refractivity contribution in [2.75, 3.05) is 0 Å². The van der Waals surface area contributed by atoms with Crippen LogP contribution in [0.4, 0.5) is 0 Å². The summed E-state index contributed by atoms with van der Waals surface area (Å²) in [5.74, 6) is 1.18. The molecule has 2 nitrogen and oxygen atoms in total. The number of unbranched alkanes of at least 4 members (excludes halogenated alkanes) is 2. The SMILES string of the molecule is C=C(C)C(=O)O[Si](CC(CC)CCCC)(CC(CC)CCCC)C(C)(C)CC. The van der Waals surface area contributed by atoms with E-state index >= 15 is 0 Å². The van der Waals surface area contributed by atoms with Crippen LogP contribution in [0.5, 0.6) is 0 Å². The van der Waals surface area contributed by atoms with Gasteiger partial charge in [-0.2, -0.15) is 0 Å². The van der Waals surface area contributed by atoms with Crippen LogP contribution < -0.4 is 0 Å². The van der Waals surface area contributed by atoms with E-state index in [2.05, 4.69) is 55.0 Å². The van der Waals surface area contributed by atoms with Crippen molar-refractivity contribution in [2.45, 2.75) is 130 Å². The molecule has 28 heavy (non-hydrogen) atoms. The van der Waals surface area contributed by atoms with E-state index in [-0.39, 0.29) is 11.0 Å². The number of carbonyl (C=O) groups excluding carboxylic acids is 1. The normalized spacial score (nSPS) is 16.3. The van der Waals surface area contributed by atoms with E-state index in [9.17, 15) is 4.79 Å². The van der Waals surface area contributed by atoms with E-state index < -0.39 is 8.32 Å². The third-order valence-corrected chi connectivity index (χ3v) is 12.9. The van der Waals surface area contributed by atoms with Crippen molar-refractivity contribution in [3.63, 3.8) is 0 Å². The van der Waals surface area contributed by atoms with Gasteiger partial charge >= 0.3 is 5.97 Å². The molecule has 0 spiro atoms. The Bertz CT molecular complexity index is 437. The molecule has 0 aromatic rings. The molecule has 0 saturated carbocycles. The van der Waals surface area contributed by atoms with Crippen LogP contribution in [-0.4, -0.2) is 14.3 Å². The van der Waals surface area contributed by atoms with Crippen molar-refractivity contribution in [2.24, 2.45) is 11.8 Å². The molecular weight excluding hydrogens is 360 g/mol. The third-order valence-electron chi connectivity index (χ3n) is 7.08. The van der Waals surface area contributed by atoms with Crippen LogP contribution in [-0.2, 0) is 9.22 Å². The van der Waals surface area contributed by atoms with E-state index in [0.29, 0.717) is 17.4 Å². The van der Waals surface area contributed by atoms with Gasteiger partial charge in [-0.25, -0.2) is 4.79 Å². The predicted molar refractivity (Wildman–Crippen MR) is 127 cm³/mol. The Morgan fingerprint density at radius 1 is 0.929 bits per heavy atom. The Hall–Kier alpha value is -0.573. The zero-order chi connectivity index (χ0) is 21.8. The first-order valence-corrected chi connectivity index (χ1v) is 14.3. The fraction of sp³-hybridized carbons (Fsp3) is 0.880. The minimum absolute atomic E-state index is 0.0807. The van der Waals surface area contributed by atoms with Crippen LogP contribution in [0.1, 0.15) is 113 Å². The molecule has 2 atom stereocenters. The maximum Gasteiger partial charge on any atom is 0.319 e. The highest BCUT2D eigenvalue weighted by molar-refractivity contribution is 6.78. The third kappa shape index (κ3) is 8.43. The summed E-state index contributed by atoms with van der Waals surface area (Å²) in [6, 6.07) is 2.23. The van der Waals surface area contributed by atoms with Gasteiger partial charge in [-0.15, -0.1) is 0 Å². The van der Waals surface area contributed by atoms with Crippen LogP contribution >= 0.6 is 0 Å². The summed E-state index contributed by atoms with van der Waals surface area (Å²) in [6.45, 7) is 21.9. The second-order valence-electron chi connectivity index (χ2n) is 9.64. The average molecular weight is 411 g/mol. The summed E-state index contributed by atoms with van der Waals surface area (Å²) in [5, 5.41) is 0.0807. The van der Waals surface area contributed by atoms with E-state index in [1.807, 2.05) is 0 Å². The molecule has 0 aliphatic heterocycles. The quantitative estimate of drug-likeness (QED) is 0.188. The van der Waals surface area contributed by atoms with Gasteiger partial charge < -0.3 is 4.43 Å². The van der Waals surface area contributed by atoms with Crippen LogP contribution in [0.3, 0.4) is 0 Å². The van der Waals surface area contributed by atoms with Crippen molar-refractivity contribution in [3.8, 4) is 0 Å². The zero-order valence-corrected chi connectivity index (χ0v) is 21.5. The highest BCUT2D eigenvalue weighted by atomic mass is 28.4. The lowest BCUT2D eigenvalue weighted by Crippen LogP contribution is -2.52. The van der Waals surface area contributed by atoms with Gasteiger partial charge in [0.05, 0.1) is 0 Å². The maximum absolute atomic E-state index is 12.8. The smallest absolute Gasteiger partial charge is 0.319 e. The number of hydrogen-bond donors (Lipinski definition) is 0. The second kappa shape index (κ2) is 13.6. The van der Waals surface area contributed by atoms with Gasteiger partial charge in [0.1, 0.15) is 0 Å². The van der Waals surface area contributed by atoms with Crippen LogP contribution in [0.25, 0.3) is 0 Å². The van der Waals surface area contributed by atoms with Crippen LogP contribution in [0, 0.1) is 11.8 Å². The largest absolute Gasteiger partial charge is 0.515 e. The number of carbonyl (C=O) groups is 1. The fourth-order valence-corrected chi connectivity index (χ4v) is 10.0. The lowest BCUT2D eigenvalue weighted by atomic mass is 10.0. The summed E-state index contributed by atoms with van der Waals surface area (Å²) in [7, 11) is -2.33. The molecular formula is C25H50O2Si. The minimum atomic E-state index is -2.33. The molecule has 0 rings (SSSR count). The average Bonchev–Trinajstić information content (AvgIpc) is 2.67. The zero-order valence-electron chi connectivity index (χ0n) is 20.5. The predicted octanol–water partition coefficient (Wildman–Crippen LogP) is 8.67. The van der Waals surface area contributed by atoms with Gasteiger partial charge in [0, 0.05) is 5.57 Å². The molecule has 0 aromatic heterocycles. The maximum atomic E-state index is 12.8. The van der Waals surface area contributed by atoms with E-state index in [4.69, 9.17) is 4.43 Å². The monoisotopic (exact) mass is 410 g/mol. The summed E-state index contributed by atoms with van der Waals surface area (Å²) in [4.78, 5) is 12.8. The standard InChI is InChI=1S/C25H50O2Si/c1-10-15-17-22(12-3)19-28(25(8,9)14-5,27-24(26)21(6)7)20-23(13-4)18-16-11-2/h22-23H,6,10-20H2,1-5,7-9H3. The molecule has 166 valence electrons. The summed E-state index contributed by atoms with van der Waals surface area (Å²) in [6.07, 6.45) is 11.0. The lowest BCUT2D eigenvalue weighted by Gasteiger charge is -2.46. The molecule has 0 heterocycles. The molecule has 0 bridgehead atoms. The van der Waals surface area contributed by atoms with E-state index in [1.54, 1.807) is 6.92 Å². The summed E-state index contributed by atoms with van der Waals surface area (Å²) < 4.78 is 6.58. The topological polar surface area (TPSA) is 26.3 Å². The van der Waals surface area contributed by atoms with Crippen molar-refractivity contribution in [1.82, 2.24) is 0 Å². The first-order chi connectivity index (χ1) is 13.1. The molecule has 0 N–H and O–H groups in total. The Labute approximate surface area is 178 Å². The van der Waals surface area contributed by atoms with Gasteiger partial charge in [-0.05, 0) is 35.9 Å². The minimum Gasteiger partial charge on any atom is -0.515 e. The molecule has 2 unspecified atom stereocenters. The van der Waals surface area contributed by atoms with Gasteiger partial charge in [0.25, 0.3) is 8.32 Å². The first-order valence-electron chi connectivity index (χ1n) is 12.0. The second-order valence-corrected chi connectivity index (χ2v) is 14.0. The molecule has 0 amide bonds. The molecule has 0 aliphatic rings. The van der Waals surface area contributed by atoms with Crippen molar-refractivity contribution in [3.05, 3.63) is 12.2 Å². The Balaban J connectivity index is 6.02. The van der Waals surface area contributed by atoms with Crippen molar-refractivity contribution in [1.29, 1.82) is 0 Å². The Morgan fingerprint density at radius 3 is 1.64 bits per heavy atom. The Morgan fingerprint density at radius 2 is 1.36 bits per heavy atom. The lowest BCUT2D eigenvalue weighted by molar-refractivity contribution is -0.131. The number of hydrogen-bond acceptors (Lipinski definition) is 2. The van der Waals surface area contributed by atoms with Gasteiger partial charge in [0.15, 0.2) is 0 Å². The first kappa shape index (κ1) is 27.4. The highest BCUT2D eigenvalue weighted by Gasteiger charge is 2.52. The van der Waals surface area contributed by atoms with Gasteiger partial charge in [-0.1, -0.05) is 113 Å². The number of rotatable bonds is 16. The summed E-state index contributed by atoms with van der Waals surface area (Å²) >= 11 is 0. The Kier molecular flexibility index (Phi) is 13.3. The fourth-order valence-electron chi connectivity index (χ4n) is 4.26. The molecule has 0 aromatic carbocycles. The van der Waals surface area contributed by atoms with Gasteiger partial charge in [0.2, 0.25) is 0 Å². The van der Waals surface area contributed by atoms with Crippen LogP contribution in [0.15, 0.2) is 12.2 Å². The van der Waals surface area contributed by atoms with E-state index in [1.165, 1.54) is 51.4 Å². The van der Waals surface area contributed by atoms with E-state index in [0.717, 1.165) is 18.5 Å². The highest BCUT2D eigenvalue weighted by Crippen LogP contribution is 2.50. The van der Waals surface area contributed by atoms with Gasteiger partial charge in [-0.3, -0.25) is 0 Å². The van der Waals surface area contributed by atoms with Crippen LogP contribution in [0.2, 0.25) is 17.1 Å². The molecule has 0 aliphatic carbocycles. The molecule has 0 radical (unpaired) electrons. The molecule has 0 saturated heterocycles.